The van der Waals surface area contributed by atoms with Crippen molar-refractivity contribution in [1.82, 2.24) is 10.3 Å². The molecule has 6 heteroatoms. The number of nitriles is 1. The van der Waals surface area contributed by atoms with E-state index in [1.807, 2.05) is 30.3 Å². The van der Waals surface area contributed by atoms with Crippen LogP contribution in [0.4, 0.5) is 5.82 Å². The summed E-state index contributed by atoms with van der Waals surface area (Å²) >= 11 is 6.06. The minimum Gasteiger partial charge on any atom is -0.373 e. The molecule has 126 valence electrons. The molecule has 2 aromatic rings. The van der Waals surface area contributed by atoms with E-state index in [1.54, 1.807) is 25.4 Å². The predicted molar refractivity (Wildman–Crippen MR) is 99.8 cm³/mol. The van der Waals surface area contributed by atoms with Gasteiger partial charge in [0.15, 0.2) is 0 Å². The van der Waals surface area contributed by atoms with Gasteiger partial charge in [-0.05, 0) is 35.4 Å². The monoisotopic (exact) mass is 352 g/mol. The maximum atomic E-state index is 12.3. The molecule has 0 unspecified atom stereocenters. The Labute approximate surface area is 151 Å². The van der Waals surface area contributed by atoms with Crippen molar-refractivity contribution in [2.45, 2.75) is 6.54 Å². The van der Waals surface area contributed by atoms with Gasteiger partial charge in [-0.3, -0.25) is 4.79 Å². The standard InChI is InChI=1S/C19H17ClN4O/c1-13(16-7-5-9-23-18(16)22-2)10-15(11-21)19(25)24-12-14-6-3-4-8-17(14)20/h3-10H,1,12H2,2H3,(H,22,23)(H,24,25)/b15-10+. The second-order valence-electron chi connectivity index (χ2n) is 5.12. The first-order chi connectivity index (χ1) is 12.1. The van der Waals surface area contributed by atoms with Gasteiger partial charge in [0.05, 0.1) is 0 Å². The van der Waals surface area contributed by atoms with Gasteiger partial charge in [-0.1, -0.05) is 36.4 Å². The molecule has 0 bridgehead atoms. The highest BCUT2D eigenvalue weighted by Gasteiger charge is 2.12. The number of pyridine rings is 1. The van der Waals surface area contributed by atoms with E-state index < -0.39 is 5.91 Å². The average molecular weight is 353 g/mol. The van der Waals surface area contributed by atoms with Crippen LogP contribution in [0, 0.1) is 11.3 Å². The Balaban J connectivity index is 2.14. The van der Waals surface area contributed by atoms with Crippen LogP contribution in [0.5, 0.6) is 0 Å². The lowest BCUT2D eigenvalue weighted by atomic mass is 10.1. The normalized spacial score (nSPS) is 10.7. The topological polar surface area (TPSA) is 77.8 Å². The van der Waals surface area contributed by atoms with Crippen molar-refractivity contribution in [2.24, 2.45) is 0 Å². The molecule has 25 heavy (non-hydrogen) atoms. The third-order valence-electron chi connectivity index (χ3n) is 3.47. The van der Waals surface area contributed by atoms with E-state index in [0.717, 1.165) is 11.1 Å². The van der Waals surface area contributed by atoms with E-state index in [-0.39, 0.29) is 12.1 Å². The average Bonchev–Trinajstić information content (AvgIpc) is 2.64. The van der Waals surface area contributed by atoms with Crippen LogP contribution in [0.2, 0.25) is 5.02 Å². The summed E-state index contributed by atoms with van der Waals surface area (Å²) in [4.78, 5) is 16.4. The van der Waals surface area contributed by atoms with E-state index in [4.69, 9.17) is 11.6 Å². The van der Waals surface area contributed by atoms with Crippen LogP contribution in [0.3, 0.4) is 0 Å². The molecule has 1 heterocycles. The van der Waals surface area contributed by atoms with Gasteiger partial charge in [-0.15, -0.1) is 0 Å². The fraction of sp³-hybridized carbons (Fsp3) is 0.105. The highest BCUT2D eigenvalue weighted by atomic mass is 35.5. The Morgan fingerprint density at radius 2 is 2.12 bits per heavy atom. The highest BCUT2D eigenvalue weighted by Crippen LogP contribution is 2.22. The SMILES string of the molecule is C=C(/C=C(\C#N)C(=O)NCc1ccccc1Cl)c1cccnc1NC. The van der Waals surface area contributed by atoms with E-state index in [2.05, 4.69) is 22.2 Å². The number of allylic oxidation sites excluding steroid dienone is 2. The number of benzene rings is 1. The Kier molecular flexibility index (Phi) is 6.33. The molecule has 1 amide bonds. The summed E-state index contributed by atoms with van der Waals surface area (Å²) in [6, 6.07) is 12.7. The summed E-state index contributed by atoms with van der Waals surface area (Å²) in [6.07, 6.45) is 3.09. The zero-order valence-corrected chi connectivity index (χ0v) is 14.5. The maximum Gasteiger partial charge on any atom is 0.262 e. The second-order valence-corrected chi connectivity index (χ2v) is 5.53. The molecule has 0 spiro atoms. The smallest absolute Gasteiger partial charge is 0.262 e. The fourth-order valence-electron chi connectivity index (χ4n) is 2.18. The zero-order chi connectivity index (χ0) is 18.2. The van der Waals surface area contributed by atoms with Gasteiger partial charge in [-0.25, -0.2) is 4.98 Å². The Morgan fingerprint density at radius 1 is 1.36 bits per heavy atom. The second kappa shape index (κ2) is 8.67. The molecule has 0 atom stereocenters. The van der Waals surface area contributed by atoms with Crippen LogP contribution in [0.1, 0.15) is 11.1 Å². The maximum absolute atomic E-state index is 12.3. The van der Waals surface area contributed by atoms with Crippen molar-refractivity contribution in [1.29, 1.82) is 5.26 Å². The van der Waals surface area contributed by atoms with E-state index in [9.17, 15) is 10.1 Å². The van der Waals surface area contributed by atoms with E-state index in [1.165, 1.54) is 6.08 Å². The molecule has 0 aliphatic rings. The van der Waals surface area contributed by atoms with Gasteiger partial charge in [0, 0.05) is 30.4 Å². The van der Waals surface area contributed by atoms with Gasteiger partial charge in [-0.2, -0.15) is 5.26 Å². The van der Waals surface area contributed by atoms with Crippen LogP contribution in [-0.4, -0.2) is 17.9 Å². The summed E-state index contributed by atoms with van der Waals surface area (Å²) in [5.41, 5.74) is 1.97. The van der Waals surface area contributed by atoms with Crippen molar-refractivity contribution in [3.63, 3.8) is 0 Å². The summed E-state index contributed by atoms with van der Waals surface area (Å²) in [5.74, 6) is 0.135. The van der Waals surface area contributed by atoms with E-state index >= 15 is 0 Å². The lowest BCUT2D eigenvalue weighted by Crippen LogP contribution is -2.24. The Hall–Kier alpha value is -3.10. The van der Waals surface area contributed by atoms with Gasteiger partial charge in [0.25, 0.3) is 5.91 Å². The number of nitrogens with one attached hydrogen (secondary N) is 2. The highest BCUT2D eigenvalue weighted by molar-refractivity contribution is 6.31. The van der Waals surface area contributed by atoms with Crippen LogP contribution in [0.25, 0.3) is 5.57 Å². The first-order valence-corrected chi connectivity index (χ1v) is 7.90. The number of carbonyl (C=O) groups excluding carboxylic acids is 1. The molecule has 0 radical (unpaired) electrons. The molecule has 0 aliphatic heterocycles. The van der Waals surface area contributed by atoms with Crippen LogP contribution < -0.4 is 10.6 Å². The predicted octanol–water partition coefficient (Wildman–Crippen LogP) is 3.56. The van der Waals surface area contributed by atoms with Crippen LogP contribution >= 0.6 is 11.6 Å². The van der Waals surface area contributed by atoms with Crippen molar-refractivity contribution in [2.75, 3.05) is 12.4 Å². The largest absolute Gasteiger partial charge is 0.373 e. The summed E-state index contributed by atoms with van der Waals surface area (Å²) in [5, 5.41) is 15.5. The number of rotatable bonds is 6. The van der Waals surface area contributed by atoms with Crippen molar-refractivity contribution < 1.29 is 4.79 Å². The molecule has 0 fully saturated rings. The molecule has 2 rings (SSSR count). The quantitative estimate of drug-likeness (QED) is 0.473. The molecule has 1 aromatic carbocycles. The van der Waals surface area contributed by atoms with E-state index in [0.29, 0.717) is 16.4 Å². The van der Waals surface area contributed by atoms with Crippen LogP contribution in [0.15, 0.2) is 60.8 Å². The van der Waals surface area contributed by atoms with Crippen molar-refractivity contribution in [3.05, 3.63) is 77.0 Å². The minimum absolute atomic E-state index is 0.0389. The first kappa shape index (κ1) is 18.2. The molecule has 1 aromatic heterocycles. The molecule has 2 N–H and O–H groups in total. The van der Waals surface area contributed by atoms with Gasteiger partial charge >= 0.3 is 0 Å². The first-order valence-electron chi connectivity index (χ1n) is 7.52. The third-order valence-corrected chi connectivity index (χ3v) is 3.84. The lowest BCUT2D eigenvalue weighted by molar-refractivity contribution is -0.117. The summed E-state index contributed by atoms with van der Waals surface area (Å²) in [7, 11) is 1.74. The molecular formula is C19H17ClN4O. The number of anilines is 1. The van der Waals surface area contributed by atoms with Gasteiger partial charge in [0.2, 0.25) is 0 Å². The number of carbonyl (C=O) groups is 1. The lowest BCUT2D eigenvalue weighted by Gasteiger charge is -2.09. The fourth-order valence-corrected chi connectivity index (χ4v) is 2.38. The molecular weight excluding hydrogens is 336 g/mol. The summed E-state index contributed by atoms with van der Waals surface area (Å²) < 4.78 is 0. The minimum atomic E-state index is -0.488. The Morgan fingerprint density at radius 3 is 2.80 bits per heavy atom. The molecule has 0 saturated heterocycles. The number of aromatic nitrogens is 1. The van der Waals surface area contributed by atoms with Crippen molar-refractivity contribution >= 4 is 28.9 Å². The number of hydrogen-bond acceptors (Lipinski definition) is 4. The molecule has 5 nitrogen and oxygen atoms in total. The number of halogens is 1. The third kappa shape index (κ3) is 4.69. The molecule has 0 aliphatic carbocycles. The summed E-state index contributed by atoms with van der Waals surface area (Å²) in [6.45, 7) is 4.16. The van der Waals surface area contributed by atoms with Gasteiger partial charge in [0.1, 0.15) is 17.5 Å². The Bertz CT molecular complexity index is 868. The number of nitrogens with zero attached hydrogens (tertiary/aromatic N) is 2. The number of hydrogen-bond donors (Lipinski definition) is 2. The van der Waals surface area contributed by atoms with Crippen LogP contribution in [-0.2, 0) is 11.3 Å². The molecule has 0 saturated carbocycles. The number of amides is 1. The van der Waals surface area contributed by atoms with Gasteiger partial charge < -0.3 is 10.6 Å². The zero-order valence-electron chi connectivity index (χ0n) is 13.7. The van der Waals surface area contributed by atoms with Crippen molar-refractivity contribution in [3.8, 4) is 6.07 Å².